The van der Waals surface area contributed by atoms with E-state index in [9.17, 15) is 4.79 Å². The van der Waals surface area contributed by atoms with Gasteiger partial charge in [-0.2, -0.15) is 0 Å². The van der Waals surface area contributed by atoms with E-state index in [2.05, 4.69) is 25.6 Å². The maximum absolute atomic E-state index is 12.4. The Balaban J connectivity index is 1.73. The number of hydrogen-bond acceptors (Lipinski definition) is 7. The molecular weight excluding hydrogens is 334 g/mol. The molecule has 0 aromatic carbocycles. The SMILES string of the molecule is CCc1onc(C)c1C(=O)NCCc1nc(C)ncc1-c1cc(C)no1. The molecular formula is C18H21N5O3. The van der Waals surface area contributed by atoms with E-state index >= 15 is 0 Å². The van der Waals surface area contributed by atoms with Gasteiger partial charge in [0.25, 0.3) is 5.91 Å². The molecule has 3 heterocycles. The molecule has 0 radical (unpaired) electrons. The van der Waals surface area contributed by atoms with E-state index in [1.54, 1.807) is 13.1 Å². The Hall–Kier alpha value is -3.03. The Labute approximate surface area is 151 Å². The van der Waals surface area contributed by atoms with Crippen molar-refractivity contribution < 1.29 is 13.8 Å². The molecule has 8 nitrogen and oxygen atoms in total. The summed E-state index contributed by atoms with van der Waals surface area (Å²) in [7, 11) is 0. The van der Waals surface area contributed by atoms with Gasteiger partial charge in [0.2, 0.25) is 0 Å². The first-order chi connectivity index (χ1) is 12.5. The van der Waals surface area contributed by atoms with Crippen LogP contribution in [0.5, 0.6) is 0 Å². The number of nitrogens with one attached hydrogen (secondary N) is 1. The summed E-state index contributed by atoms with van der Waals surface area (Å²) in [6, 6.07) is 1.84. The highest BCUT2D eigenvalue weighted by molar-refractivity contribution is 5.96. The molecule has 0 atom stereocenters. The smallest absolute Gasteiger partial charge is 0.256 e. The Bertz CT molecular complexity index is 929. The van der Waals surface area contributed by atoms with E-state index in [4.69, 9.17) is 9.05 Å². The lowest BCUT2D eigenvalue weighted by molar-refractivity contribution is 0.0951. The quantitative estimate of drug-likeness (QED) is 0.724. The first-order valence-corrected chi connectivity index (χ1v) is 8.49. The highest BCUT2D eigenvalue weighted by atomic mass is 16.5. The molecule has 0 unspecified atom stereocenters. The van der Waals surface area contributed by atoms with Crippen molar-refractivity contribution in [2.24, 2.45) is 0 Å². The minimum atomic E-state index is -0.191. The van der Waals surface area contributed by atoms with Crippen LogP contribution < -0.4 is 5.32 Å². The van der Waals surface area contributed by atoms with Crippen molar-refractivity contribution in [1.82, 2.24) is 25.6 Å². The summed E-state index contributed by atoms with van der Waals surface area (Å²) in [5.74, 6) is 1.68. The molecule has 0 saturated heterocycles. The zero-order chi connectivity index (χ0) is 18.7. The maximum Gasteiger partial charge on any atom is 0.256 e. The molecule has 3 aromatic heterocycles. The number of amides is 1. The Kier molecular flexibility index (Phi) is 5.11. The van der Waals surface area contributed by atoms with Gasteiger partial charge in [0.15, 0.2) is 5.76 Å². The van der Waals surface area contributed by atoms with Gasteiger partial charge in [-0.3, -0.25) is 4.79 Å². The molecule has 0 bridgehead atoms. The second-order valence-electron chi connectivity index (χ2n) is 6.04. The first-order valence-electron chi connectivity index (χ1n) is 8.49. The molecule has 0 aliphatic heterocycles. The zero-order valence-electron chi connectivity index (χ0n) is 15.3. The Morgan fingerprint density at radius 2 is 2.00 bits per heavy atom. The van der Waals surface area contributed by atoms with Gasteiger partial charge in [-0.25, -0.2) is 9.97 Å². The van der Waals surface area contributed by atoms with Gasteiger partial charge in [-0.1, -0.05) is 17.2 Å². The molecule has 8 heteroatoms. The van der Waals surface area contributed by atoms with E-state index in [0.717, 1.165) is 17.0 Å². The minimum Gasteiger partial charge on any atom is -0.360 e. The summed E-state index contributed by atoms with van der Waals surface area (Å²) in [4.78, 5) is 21.2. The number of nitrogens with zero attached hydrogens (tertiary/aromatic N) is 4. The lowest BCUT2D eigenvalue weighted by Gasteiger charge is -2.08. The molecule has 1 N–H and O–H groups in total. The summed E-state index contributed by atoms with van der Waals surface area (Å²) in [6.07, 6.45) is 2.87. The highest BCUT2D eigenvalue weighted by Crippen LogP contribution is 2.23. The highest BCUT2D eigenvalue weighted by Gasteiger charge is 2.19. The zero-order valence-corrected chi connectivity index (χ0v) is 15.3. The number of carbonyl (C=O) groups excluding carboxylic acids is 1. The van der Waals surface area contributed by atoms with E-state index in [0.29, 0.717) is 48.0 Å². The van der Waals surface area contributed by atoms with Crippen molar-refractivity contribution in [3.05, 3.63) is 46.5 Å². The Morgan fingerprint density at radius 1 is 1.19 bits per heavy atom. The van der Waals surface area contributed by atoms with Crippen LogP contribution in [0.25, 0.3) is 11.3 Å². The van der Waals surface area contributed by atoms with Crippen LogP contribution in [0.15, 0.2) is 21.3 Å². The fourth-order valence-electron chi connectivity index (χ4n) is 2.74. The lowest BCUT2D eigenvalue weighted by Crippen LogP contribution is -2.27. The predicted octanol–water partition coefficient (Wildman–Crippen LogP) is 2.58. The van der Waals surface area contributed by atoms with E-state index in [1.807, 2.05) is 26.8 Å². The van der Waals surface area contributed by atoms with Crippen LogP contribution in [0.3, 0.4) is 0 Å². The molecule has 1 amide bonds. The molecule has 0 spiro atoms. The summed E-state index contributed by atoms with van der Waals surface area (Å²) in [6.45, 7) is 7.78. The van der Waals surface area contributed by atoms with Gasteiger partial charge >= 0.3 is 0 Å². The maximum atomic E-state index is 12.4. The molecule has 0 fully saturated rings. The summed E-state index contributed by atoms with van der Waals surface area (Å²) in [5.41, 5.74) is 3.47. The van der Waals surface area contributed by atoms with Crippen LogP contribution in [-0.4, -0.2) is 32.7 Å². The third-order valence-electron chi connectivity index (χ3n) is 4.01. The van der Waals surface area contributed by atoms with Gasteiger partial charge in [0.05, 0.1) is 22.6 Å². The summed E-state index contributed by atoms with van der Waals surface area (Å²) in [5, 5.41) is 10.7. The first kappa shape index (κ1) is 17.8. The monoisotopic (exact) mass is 355 g/mol. The van der Waals surface area contributed by atoms with Crippen molar-refractivity contribution in [3.8, 4) is 11.3 Å². The number of carbonyl (C=O) groups is 1. The fourth-order valence-corrected chi connectivity index (χ4v) is 2.74. The topological polar surface area (TPSA) is 107 Å². The third kappa shape index (κ3) is 3.63. The van der Waals surface area contributed by atoms with E-state index in [-0.39, 0.29) is 5.91 Å². The normalized spacial score (nSPS) is 10.9. The average Bonchev–Trinajstić information content (AvgIpc) is 3.20. The van der Waals surface area contributed by atoms with E-state index in [1.165, 1.54) is 0 Å². The van der Waals surface area contributed by atoms with Gasteiger partial charge in [0.1, 0.15) is 17.1 Å². The molecule has 3 rings (SSSR count). The number of hydrogen-bond donors (Lipinski definition) is 1. The summed E-state index contributed by atoms with van der Waals surface area (Å²) >= 11 is 0. The molecule has 26 heavy (non-hydrogen) atoms. The third-order valence-corrected chi connectivity index (χ3v) is 4.01. The van der Waals surface area contributed by atoms with Gasteiger partial charge in [-0.15, -0.1) is 0 Å². The Morgan fingerprint density at radius 3 is 2.69 bits per heavy atom. The number of aryl methyl sites for hydroxylation is 4. The number of aromatic nitrogens is 4. The molecule has 136 valence electrons. The lowest BCUT2D eigenvalue weighted by atomic mass is 10.1. The van der Waals surface area contributed by atoms with Crippen molar-refractivity contribution in [2.45, 2.75) is 40.5 Å². The predicted molar refractivity (Wildman–Crippen MR) is 93.7 cm³/mol. The second-order valence-corrected chi connectivity index (χ2v) is 6.04. The molecule has 0 saturated carbocycles. The molecule has 0 aliphatic rings. The number of rotatable bonds is 6. The molecule has 0 aliphatic carbocycles. The van der Waals surface area contributed by atoms with Crippen LogP contribution in [0, 0.1) is 20.8 Å². The standard InChI is InChI=1S/C18H21N5O3/c1-5-15-17(11(3)23-25-15)18(24)19-7-6-14-13(9-20-12(4)21-14)16-8-10(2)22-26-16/h8-9H,5-7H2,1-4H3,(H,19,24). The van der Waals surface area contributed by atoms with Crippen LogP contribution >= 0.6 is 0 Å². The van der Waals surface area contributed by atoms with Crippen LogP contribution in [0.4, 0.5) is 0 Å². The molecule has 3 aromatic rings. The van der Waals surface area contributed by atoms with Gasteiger partial charge < -0.3 is 14.4 Å². The van der Waals surface area contributed by atoms with Crippen LogP contribution in [0.2, 0.25) is 0 Å². The van der Waals surface area contributed by atoms with E-state index < -0.39 is 0 Å². The second kappa shape index (κ2) is 7.47. The largest absolute Gasteiger partial charge is 0.360 e. The summed E-state index contributed by atoms with van der Waals surface area (Å²) < 4.78 is 10.5. The minimum absolute atomic E-state index is 0.191. The van der Waals surface area contributed by atoms with Crippen molar-refractivity contribution in [3.63, 3.8) is 0 Å². The van der Waals surface area contributed by atoms with Gasteiger partial charge in [-0.05, 0) is 20.8 Å². The van der Waals surface area contributed by atoms with Gasteiger partial charge in [0, 0.05) is 31.6 Å². The van der Waals surface area contributed by atoms with Crippen molar-refractivity contribution in [2.75, 3.05) is 6.54 Å². The average molecular weight is 355 g/mol. The fraction of sp³-hybridized carbons (Fsp3) is 0.389. The van der Waals surface area contributed by atoms with Crippen molar-refractivity contribution >= 4 is 5.91 Å². The van der Waals surface area contributed by atoms with Crippen molar-refractivity contribution in [1.29, 1.82) is 0 Å². The van der Waals surface area contributed by atoms with Crippen LogP contribution in [-0.2, 0) is 12.8 Å². The van der Waals surface area contributed by atoms with Crippen LogP contribution in [0.1, 0.15) is 45.9 Å².